The molecule has 0 bridgehead atoms. The maximum absolute atomic E-state index is 13.0. The zero-order valence-corrected chi connectivity index (χ0v) is 17.0. The highest BCUT2D eigenvalue weighted by Crippen LogP contribution is 2.34. The van der Waals surface area contributed by atoms with Gasteiger partial charge in [-0.05, 0) is 38.2 Å². The number of thioether (sulfide) groups is 1. The molecular weight excluding hydrogens is 374 g/mol. The maximum Gasteiger partial charge on any atom is 0.257 e. The number of hydrogen-bond acceptors (Lipinski definition) is 5. The summed E-state index contributed by atoms with van der Waals surface area (Å²) in [6.07, 6.45) is 8.21. The van der Waals surface area contributed by atoms with Crippen molar-refractivity contribution < 1.29 is 4.79 Å². The molecule has 1 atom stereocenters. The predicted octanol–water partition coefficient (Wildman–Crippen LogP) is 1.82. The molecule has 2 aromatic heterocycles. The monoisotopic (exact) mass is 399 g/mol. The van der Waals surface area contributed by atoms with E-state index in [-0.39, 0.29) is 17.5 Å². The number of nitrogens with zero attached hydrogens (tertiary/aromatic N) is 5. The molecular formula is C20H25N5O2S. The third-order valence-electron chi connectivity index (χ3n) is 6.05. The van der Waals surface area contributed by atoms with E-state index in [4.69, 9.17) is 4.98 Å². The van der Waals surface area contributed by atoms with Crippen LogP contribution in [0.25, 0.3) is 0 Å². The molecule has 4 heterocycles. The highest BCUT2D eigenvalue weighted by Gasteiger charge is 2.35. The van der Waals surface area contributed by atoms with Crippen LogP contribution in [0.3, 0.4) is 0 Å². The molecule has 0 aromatic carbocycles. The summed E-state index contributed by atoms with van der Waals surface area (Å²) in [6.45, 7) is 4.45. The molecule has 1 fully saturated rings. The van der Waals surface area contributed by atoms with Crippen molar-refractivity contribution in [3.63, 3.8) is 0 Å². The van der Waals surface area contributed by atoms with Crippen LogP contribution >= 0.6 is 11.8 Å². The van der Waals surface area contributed by atoms with Gasteiger partial charge in [0.15, 0.2) is 5.16 Å². The molecule has 8 heteroatoms. The van der Waals surface area contributed by atoms with E-state index in [1.807, 2.05) is 28.9 Å². The summed E-state index contributed by atoms with van der Waals surface area (Å²) in [4.78, 5) is 32.4. The van der Waals surface area contributed by atoms with Crippen LogP contribution in [-0.4, -0.2) is 49.0 Å². The summed E-state index contributed by atoms with van der Waals surface area (Å²) in [7, 11) is 0. The summed E-state index contributed by atoms with van der Waals surface area (Å²) in [6, 6.07) is -0.0625. The van der Waals surface area contributed by atoms with Crippen LogP contribution in [0.4, 0.5) is 0 Å². The first-order chi connectivity index (χ1) is 13.6. The zero-order valence-electron chi connectivity index (χ0n) is 16.1. The average Bonchev–Trinajstić information content (AvgIpc) is 3.24. The van der Waals surface area contributed by atoms with Gasteiger partial charge in [-0.1, -0.05) is 11.8 Å². The third kappa shape index (κ3) is 3.17. The van der Waals surface area contributed by atoms with E-state index in [1.165, 1.54) is 0 Å². The van der Waals surface area contributed by atoms with Crippen molar-refractivity contribution in [1.82, 2.24) is 24.2 Å². The van der Waals surface area contributed by atoms with Crippen molar-refractivity contribution in [1.29, 1.82) is 0 Å². The summed E-state index contributed by atoms with van der Waals surface area (Å²) in [5.41, 5.74) is 3.12. The van der Waals surface area contributed by atoms with Crippen molar-refractivity contribution in [2.75, 3.05) is 18.8 Å². The Bertz CT molecular complexity index is 975. The van der Waals surface area contributed by atoms with Gasteiger partial charge >= 0.3 is 0 Å². The first kappa shape index (κ1) is 18.0. The Morgan fingerprint density at radius 3 is 2.89 bits per heavy atom. The second-order valence-electron chi connectivity index (χ2n) is 8.28. The molecule has 0 N–H and O–H groups in total. The minimum absolute atomic E-state index is 0.0625. The predicted molar refractivity (Wildman–Crippen MR) is 107 cm³/mol. The van der Waals surface area contributed by atoms with Gasteiger partial charge in [0.2, 0.25) is 5.91 Å². The van der Waals surface area contributed by atoms with Crippen LogP contribution in [0.2, 0.25) is 0 Å². The van der Waals surface area contributed by atoms with E-state index < -0.39 is 0 Å². The number of aromatic nitrogens is 4. The fourth-order valence-electron chi connectivity index (χ4n) is 4.52. The van der Waals surface area contributed by atoms with Crippen molar-refractivity contribution >= 4 is 17.7 Å². The Balaban J connectivity index is 1.23. The van der Waals surface area contributed by atoms with Crippen LogP contribution < -0.4 is 5.56 Å². The number of carbonyl (C=O) groups is 1. The van der Waals surface area contributed by atoms with Gasteiger partial charge in [0.1, 0.15) is 0 Å². The van der Waals surface area contributed by atoms with Crippen LogP contribution in [0.5, 0.6) is 0 Å². The first-order valence-corrected chi connectivity index (χ1v) is 11.1. The van der Waals surface area contributed by atoms with E-state index in [2.05, 4.69) is 5.10 Å². The Labute approximate surface area is 168 Å². The van der Waals surface area contributed by atoms with E-state index >= 15 is 0 Å². The lowest BCUT2D eigenvalue weighted by atomic mass is 9.97. The Morgan fingerprint density at radius 1 is 1.29 bits per heavy atom. The molecule has 7 nitrogen and oxygen atoms in total. The summed E-state index contributed by atoms with van der Waals surface area (Å²) in [5.74, 6) is 1.38. The lowest BCUT2D eigenvalue weighted by molar-refractivity contribution is -0.138. The molecule has 1 aliphatic carbocycles. The number of fused-ring (bicyclic) bond motifs is 2. The van der Waals surface area contributed by atoms with Gasteiger partial charge in [0.05, 0.1) is 17.9 Å². The van der Waals surface area contributed by atoms with E-state index in [0.717, 1.165) is 73.0 Å². The second-order valence-corrected chi connectivity index (χ2v) is 9.26. The summed E-state index contributed by atoms with van der Waals surface area (Å²) < 4.78 is 3.76. The van der Waals surface area contributed by atoms with E-state index in [0.29, 0.717) is 12.3 Å². The smallest absolute Gasteiger partial charge is 0.257 e. The van der Waals surface area contributed by atoms with Gasteiger partial charge in [0, 0.05) is 49.5 Å². The van der Waals surface area contributed by atoms with Gasteiger partial charge in [-0.2, -0.15) is 5.10 Å². The van der Waals surface area contributed by atoms with Gasteiger partial charge in [-0.15, -0.1) is 0 Å². The van der Waals surface area contributed by atoms with Crippen LogP contribution in [0.1, 0.15) is 42.1 Å². The summed E-state index contributed by atoms with van der Waals surface area (Å²) in [5, 5.41) is 5.13. The maximum atomic E-state index is 13.0. The van der Waals surface area contributed by atoms with Crippen molar-refractivity contribution in [2.45, 2.75) is 56.8 Å². The van der Waals surface area contributed by atoms with Crippen molar-refractivity contribution in [3.05, 3.63) is 39.6 Å². The fourth-order valence-corrected chi connectivity index (χ4v) is 5.67. The van der Waals surface area contributed by atoms with Gasteiger partial charge in [-0.25, -0.2) is 4.98 Å². The van der Waals surface area contributed by atoms with Gasteiger partial charge in [0.25, 0.3) is 5.56 Å². The average molecular weight is 400 g/mol. The van der Waals surface area contributed by atoms with E-state index in [9.17, 15) is 9.59 Å². The Morgan fingerprint density at radius 2 is 2.11 bits per heavy atom. The number of carbonyl (C=O) groups excluding carboxylic acids is 1. The molecule has 1 unspecified atom stereocenters. The minimum Gasteiger partial charge on any atom is -0.342 e. The van der Waals surface area contributed by atoms with Crippen molar-refractivity contribution in [2.24, 2.45) is 5.92 Å². The number of hydrogen-bond donors (Lipinski definition) is 0. The van der Waals surface area contributed by atoms with Gasteiger partial charge < -0.3 is 4.90 Å². The van der Waals surface area contributed by atoms with Crippen molar-refractivity contribution in [3.8, 4) is 0 Å². The number of likely N-dealkylation sites (tertiary alicyclic amines) is 1. The molecule has 0 spiro atoms. The molecule has 0 saturated carbocycles. The van der Waals surface area contributed by atoms with Crippen LogP contribution in [0.15, 0.2) is 22.3 Å². The number of rotatable bonds is 4. The lowest BCUT2D eigenvalue weighted by Crippen LogP contribution is -2.52. The number of amides is 1. The molecule has 0 radical (unpaired) electrons. The SMILES string of the molecule is Cc1cnn(CC2CN(C(=O)CC3CSc4nc5c(c(=O)n43)CCCC5)C2)c1. The van der Waals surface area contributed by atoms with Crippen LogP contribution in [0, 0.1) is 12.8 Å². The molecule has 28 heavy (non-hydrogen) atoms. The molecule has 3 aliphatic rings. The van der Waals surface area contributed by atoms with Crippen LogP contribution in [-0.2, 0) is 24.2 Å². The van der Waals surface area contributed by atoms with E-state index in [1.54, 1.807) is 16.3 Å². The Hall–Kier alpha value is -2.09. The molecule has 5 rings (SSSR count). The Kier molecular flexibility index (Phi) is 4.53. The fraction of sp³-hybridized carbons (Fsp3) is 0.600. The largest absolute Gasteiger partial charge is 0.342 e. The molecule has 1 saturated heterocycles. The third-order valence-corrected chi connectivity index (χ3v) is 7.15. The topological polar surface area (TPSA) is 73.0 Å². The minimum atomic E-state index is -0.0625. The number of aryl methyl sites for hydroxylation is 2. The standard InChI is InChI=1S/C20H25N5O2S/c1-13-7-21-24(8-13)11-14-9-23(10-14)18(26)6-15-12-28-20-22-17-5-3-2-4-16(17)19(27)25(15)20/h7-8,14-15H,2-6,9-12H2,1H3. The zero-order chi connectivity index (χ0) is 19.3. The van der Waals surface area contributed by atoms with Gasteiger partial charge in [-0.3, -0.25) is 18.8 Å². The normalized spacial score (nSPS) is 21.3. The summed E-state index contributed by atoms with van der Waals surface area (Å²) >= 11 is 1.62. The highest BCUT2D eigenvalue weighted by atomic mass is 32.2. The second kappa shape index (κ2) is 7.06. The molecule has 2 aromatic rings. The first-order valence-electron chi connectivity index (χ1n) is 10.1. The molecule has 2 aliphatic heterocycles. The highest BCUT2D eigenvalue weighted by molar-refractivity contribution is 7.99. The quantitative estimate of drug-likeness (QED) is 0.734. The molecule has 1 amide bonds. The molecule has 148 valence electrons. The lowest BCUT2D eigenvalue weighted by Gasteiger charge is -2.39.